The van der Waals surface area contributed by atoms with Gasteiger partial charge in [0.1, 0.15) is 0 Å². The Kier molecular flexibility index (Phi) is 4.00. The molecule has 1 aliphatic carbocycles. The molecule has 0 heterocycles. The summed E-state index contributed by atoms with van der Waals surface area (Å²) in [5.41, 5.74) is 1.44. The van der Waals surface area contributed by atoms with Crippen LogP contribution in [0.15, 0.2) is 30.3 Å². The van der Waals surface area contributed by atoms with Gasteiger partial charge in [0.2, 0.25) is 0 Å². The average molecular weight is 217 g/mol. The Labute approximate surface area is 99.5 Å². The minimum absolute atomic E-state index is 0.546. The number of hydrogen-bond acceptors (Lipinski definition) is 1. The zero-order valence-corrected chi connectivity index (χ0v) is 10.5. The molecule has 0 spiro atoms. The standard InChI is InChI=1S/C15H23N/c1-13(14-9-5-3-6-10-14)16(2)15-11-7-4-8-12-15/h3,5-6,9-10,13,15H,4,7-8,11-12H2,1-2H3/t13-/m1/s1. The molecule has 1 nitrogen and oxygen atoms in total. The maximum absolute atomic E-state index is 2.56. The smallest absolute Gasteiger partial charge is 0.0319 e. The molecular weight excluding hydrogens is 194 g/mol. The SMILES string of the molecule is C[C@H](c1ccccc1)N(C)C1CCCCC1. The van der Waals surface area contributed by atoms with E-state index in [4.69, 9.17) is 0 Å². The predicted octanol–water partition coefficient (Wildman–Crippen LogP) is 4.01. The highest BCUT2D eigenvalue weighted by Crippen LogP contribution is 2.28. The molecule has 1 atom stereocenters. The summed E-state index contributed by atoms with van der Waals surface area (Å²) < 4.78 is 0. The molecule has 16 heavy (non-hydrogen) atoms. The van der Waals surface area contributed by atoms with Gasteiger partial charge in [0.05, 0.1) is 0 Å². The molecule has 0 bridgehead atoms. The van der Waals surface area contributed by atoms with Gasteiger partial charge in [-0.2, -0.15) is 0 Å². The van der Waals surface area contributed by atoms with Gasteiger partial charge >= 0.3 is 0 Å². The first-order valence-corrected chi connectivity index (χ1v) is 6.56. The Morgan fingerprint density at radius 2 is 1.69 bits per heavy atom. The van der Waals surface area contributed by atoms with Crippen LogP contribution in [0.2, 0.25) is 0 Å². The van der Waals surface area contributed by atoms with Gasteiger partial charge in [0, 0.05) is 12.1 Å². The minimum Gasteiger partial charge on any atom is -0.297 e. The summed E-state index contributed by atoms with van der Waals surface area (Å²) >= 11 is 0. The van der Waals surface area contributed by atoms with Crippen LogP contribution in [0.5, 0.6) is 0 Å². The van der Waals surface area contributed by atoms with Crippen LogP contribution in [0.4, 0.5) is 0 Å². The Morgan fingerprint density at radius 3 is 2.31 bits per heavy atom. The fourth-order valence-corrected chi connectivity index (χ4v) is 2.77. The van der Waals surface area contributed by atoms with Crippen molar-refractivity contribution < 1.29 is 0 Å². The van der Waals surface area contributed by atoms with E-state index < -0.39 is 0 Å². The van der Waals surface area contributed by atoms with Gasteiger partial charge in [-0.15, -0.1) is 0 Å². The Morgan fingerprint density at radius 1 is 1.06 bits per heavy atom. The number of benzene rings is 1. The average Bonchev–Trinajstić information content (AvgIpc) is 2.39. The highest BCUT2D eigenvalue weighted by Gasteiger charge is 2.22. The fourth-order valence-electron chi connectivity index (χ4n) is 2.77. The molecule has 2 rings (SSSR count). The molecule has 0 aromatic heterocycles. The van der Waals surface area contributed by atoms with Gasteiger partial charge < -0.3 is 0 Å². The molecule has 1 aromatic carbocycles. The number of rotatable bonds is 3. The normalized spacial score (nSPS) is 19.9. The number of nitrogens with zero attached hydrogens (tertiary/aromatic N) is 1. The molecule has 88 valence electrons. The molecule has 1 fully saturated rings. The van der Waals surface area contributed by atoms with E-state index in [2.05, 4.69) is 49.2 Å². The van der Waals surface area contributed by atoms with Crippen LogP contribution in [-0.2, 0) is 0 Å². The van der Waals surface area contributed by atoms with Gasteiger partial charge in [-0.3, -0.25) is 4.90 Å². The first-order chi connectivity index (χ1) is 7.79. The van der Waals surface area contributed by atoms with Crippen LogP contribution in [0.1, 0.15) is 50.6 Å². The van der Waals surface area contributed by atoms with Crippen LogP contribution in [0, 0.1) is 0 Å². The lowest BCUT2D eigenvalue weighted by Gasteiger charge is -2.35. The maximum Gasteiger partial charge on any atom is 0.0319 e. The molecule has 1 aromatic rings. The summed E-state index contributed by atoms with van der Waals surface area (Å²) in [5.74, 6) is 0. The topological polar surface area (TPSA) is 3.24 Å². The van der Waals surface area contributed by atoms with E-state index >= 15 is 0 Å². The predicted molar refractivity (Wildman–Crippen MR) is 69.5 cm³/mol. The summed E-state index contributed by atoms with van der Waals surface area (Å²) in [6.45, 7) is 2.32. The highest BCUT2D eigenvalue weighted by atomic mass is 15.2. The third-order valence-electron chi connectivity index (χ3n) is 4.04. The quantitative estimate of drug-likeness (QED) is 0.739. The van der Waals surface area contributed by atoms with Crippen molar-refractivity contribution in [2.75, 3.05) is 7.05 Å². The monoisotopic (exact) mass is 217 g/mol. The fraction of sp³-hybridized carbons (Fsp3) is 0.600. The first kappa shape index (κ1) is 11.7. The van der Waals surface area contributed by atoms with Crippen molar-refractivity contribution in [2.24, 2.45) is 0 Å². The van der Waals surface area contributed by atoms with Crippen LogP contribution >= 0.6 is 0 Å². The van der Waals surface area contributed by atoms with Crippen molar-refractivity contribution in [1.82, 2.24) is 4.90 Å². The molecule has 1 heteroatoms. The van der Waals surface area contributed by atoms with E-state index in [9.17, 15) is 0 Å². The van der Waals surface area contributed by atoms with Crippen molar-refractivity contribution >= 4 is 0 Å². The van der Waals surface area contributed by atoms with E-state index in [1.165, 1.54) is 37.7 Å². The minimum atomic E-state index is 0.546. The molecule has 0 aliphatic heterocycles. The summed E-state index contributed by atoms with van der Waals surface area (Å²) in [7, 11) is 2.29. The van der Waals surface area contributed by atoms with E-state index in [-0.39, 0.29) is 0 Å². The van der Waals surface area contributed by atoms with Crippen molar-refractivity contribution in [2.45, 2.75) is 51.1 Å². The van der Waals surface area contributed by atoms with Gasteiger partial charge in [-0.05, 0) is 32.4 Å². The van der Waals surface area contributed by atoms with Crippen LogP contribution in [0.3, 0.4) is 0 Å². The lowest BCUT2D eigenvalue weighted by atomic mass is 9.93. The Balaban J connectivity index is 2.00. The lowest BCUT2D eigenvalue weighted by Crippen LogP contribution is -2.35. The van der Waals surface area contributed by atoms with E-state index in [0.29, 0.717) is 6.04 Å². The maximum atomic E-state index is 2.56. The summed E-state index contributed by atoms with van der Waals surface area (Å²) in [5, 5.41) is 0. The first-order valence-electron chi connectivity index (χ1n) is 6.56. The Hall–Kier alpha value is -0.820. The van der Waals surface area contributed by atoms with Crippen LogP contribution in [-0.4, -0.2) is 18.0 Å². The van der Waals surface area contributed by atoms with E-state index in [1.807, 2.05) is 0 Å². The third-order valence-corrected chi connectivity index (χ3v) is 4.04. The number of hydrogen-bond donors (Lipinski definition) is 0. The van der Waals surface area contributed by atoms with Crippen molar-refractivity contribution in [1.29, 1.82) is 0 Å². The van der Waals surface area contributed by atoms with Crippen molar-refractivity contribution in [3.63, 3.8) is 0 Å². The van der Waals surface area contributed by atoms with Crippen LogP contribution < -0.4 is 0 Å². The highest BCUT2D eigenvalue weighted by molar-refractivity contribution is 5.18. The molecular formula is C15H23N. The third kappa shape index (κ3) is 2.65. The summed E-state index contributed by atoms with van der Waals surface area (Å²) in [4.78, 5) is 2.56. The molecule has 0 N–H and O–H groups in total. The largest absolute Gasteiger partial charge is 0.297 e. The lowest BCUT2D eigenvalue weighted by molar-refractivity contribution is 0.146. The van der Waals surface area contributed by atoms with Gasteiger partial charge in [0.25, 0.3) is 0 Å². The second-order valence-electron chi connectivity index (χ2n) is 5.04. The molecule has 1 saturated carbocycles. The zero-order chi connectivity index (χ0) is 11.4. The van der Waals surface area contributed by atoms with E-state index in [1.54, 1.807) is 0 Å². The van der Waals surface area contributed by atoms with E-state index in [0.717, 1.165) is 6.04 Å². The Bertz CT molecular complexity index is 300. The zero-order valence-electron chi connectivity index (χ0n) is 10.5. The molecule has 0 amide bonds. The summed E-state index contributed by atoms with van der Waals surface area (Å²) in [6.07, 6.45) is 7.03. The summed E-state index contributed by atoms with van der Waals surface area (Å²) in [6, 6.07) is 12.2. The van der Waals surface area contributed by atoms with Gasteiger partial charge in [-0.25, -0.2) is 0 Å². The van der Waals surface area contributed by atoms with Crippen LogP contribution in [0.25, 0.3) is 0 Å². The second kappa shape index (κ2) is 5.49. The van der Waals surface area contributed by atoms with Crippen molar-refractivity contribution in [3.8, 4) is 0 Å². The van der Waals surface area contributed by atoms with Crippen molar-refractivity contribution in [3.05, 3.63) is 35.9 Å². The molecule has 0 radical (unpaired) electrons. The molecule has 0 unspecified atom stereocenters. The van der Waals surface area contributed by atoms with Gasteiger partial charge in [0.15, 0.2) is 0 Å². The van der Waals surface area contributed by atoms with Gasteiger partial charge in [-0.1, -0.05) is 49.6 Å². The molecule has 1 aliphatic rings. The second-order valence-corrected chi connectivity index (χ2v) is 5.04. The molecule has 0 saturated heterocycles.